The van der Waals surface area contributed by atoms with E-state index in [-0.39, 0.29) is 24.0 Å². The fraction of sp³-hybridized carbons (Fsp3) is 0.300. The summed E-state index contributed by atoms with van der Waals surface area (Å²) in [4.78, 5) is 35.8. The van der Waals surface area contributed by atoms with E-state index < -0.39 is 4.92 Å². The fourth-order valence-corrected chi connectivity index (χ4v) is 3.39. The van der Waals surface area contributed by atoms with Crippen LogP contribution in [0.2, 0.25) is 5.02 Å². The predicted octanol–water partition coefficient (Wildman–Crippen LogP) is 3.02. The van der Waals surface area contributed by atoms with Gasteiger partial charge >= 0.3 is 0 Å². The maximum Gasteiger partial charge on any atom is 0.269 e. The normalized spacial score (nSPS) is 13.5. The predicted molar refractivity (Wildman–Crippen MR) is 116 cm³/mol. The first-order chi connectivity index (χ1) is 14.4. The third kappa shape index (κ3) is 5.84. The van der Waals surface area contributed by atoms with E-state index in [0.29, 0.717) is 43.2 Å². The monoisotopic (exact) mass is 431 g/mol. The van der Waals surface area contributed by atoms with E-state index in [9.17, 15) is 19.7 Å². The van der Waals surface area contributed by atoms with Gasteiger partial charge in [-0.1, -0.05) is 11.6 Å². The summed E-state index contributed by atoms with van der Waals surface area (Å²) >= 11 is 6.34. The maximum absolute atomic E-state index is 12.2. The minimum Gasteiger partial charge on any atom is -0.385 e. The van der Waals surface area contributed by atoms with Crippen LogP contribution in [0.3, 0.4) is 0 Å². The highest BCUT2D eigenvalue weighted by Crippen LogP contribution is 2.29. The Morgan fingerprint density at radius 3 is 2.60 bits per heavy atom. The van der Waals surface area contributed by atoms with Gasteiger partial charge in [-0.2, -0.15) is 0 Å². The average molecular weight is 432 g/mol. The Labute approximate surface area is 178 Å². The Morgan fingerprint density at radius 1 is 1.20 bits per heavy atom. The molecule has 0 atom stereocenters. The Hall–Kier alpha value is -3.33. The number of halogens is 1. The van der Waals surface area contributed by atoms with Crippen LogP contribution in [0, 0.1) is 10.1 Å². The standard InChI is InChI=1S/C20H22ClN5O4/c21-17-12-15(5-8-18(17)25-11-10-23-20(28)13-25)24-19(27)2-1-9-22-14-3-6-16(7-4-14)26(29)30/h3-8,12,22H,1-2,9-11,13H2,(H,23,28)(H,24,27). The lowest BCUT2D eigenvalue weighted by molar-refractivity contribution is -0.384. The SMILES string of the molecule is O=C1CN(c2ccc(NC(=O)CCCNc3ccc([N+](=O)[O-])cc3)cc2Cl)CCN1. The first-order valence-corrected chi connectivity index (χ1v) is 9.89. The largest absolute Gasteiger partial charge is 0.385 e. The van der Waals surface area contributed by atoms with Crippen LogP contribution in [0.4, 0.5) is 22.7 Å². The minimum absolute atomic E-state index is 0.0353. The van der Waals surface area contributed by atoms with Crippen LogP contribution < -0.4 is 20.9 Å². The smallest absolute Gasteiger partial charge is 0.269 e. The molecule has 158 valence electrons. The second-order valence-electron chi connectivity index (χ2n) is 6.82. The summed E-state index contributed by atoms with van der Waals surface area (Å²) in [7, 11) is 0. The van der Waals surface area contributed by atoms with Crippen molar-refractivity contribution in [1.82, 2.24) is 5.32 Å². The summed E-state index contributed by atoms with van der Waals surface area (Å²) in [5, 5.41) is 19.8. The van der Waals surface area contributed by atoms with Crippen LogP contribution in [-0.4, -0.2) is 42.9 Å². The molecule has 0 radical (unpaired) electrons. The summed E-state index contributed by atoms with van der Waals surface area (Å²) in [5.74, 6) is -0.182. The highest BCUT2D eigenvalue weighted by Gasteiger charge is 2.18. The fourth-order valence-electron chi connectivity index (χ4n) is 3.09. The van der Waals surface area contributed by atoms with E-state index in [0.717, 1.165) is 11.4 Å². The molecule has 0 unspecified atom stereocenters. The van der Waals surface area contributed by atoms with Gasteiger partial charge in [0.15, 0.2) is 0 Å². The molecule has 0 saturated carbocycles. The van der Waals surface area contributed by atoms with Gasteiger partial charge in [-0.15, -0.1) is 0 Å². The van der Waals surface area contributed by atoms with Crippen LogP contribution in [0.25, 0.3) is 0 Å². The van der Waals surface area contributed by atoms with E-state index in [1.807, 2.05) is 4.90 Å². The van der Waals surface area contributed by atoms with Gasteiger partial charge < -0.3 is 20.9 Å². The van der Waals surface area contributed by atoms with Gasteiger partial charge in [0.05, 0.1) is 22.2 Å². The molecule has 10 heteroatoms. The quantitative estimate of drug-likeness (QED) is 0.336. The van der Waals surface area contributed by atoms with E-state index in [1.54, 1.807) is 30.3 Å². The number of non-ortho nitro benzene ring substituents is 1. The van der Waals surface area contributed by atoms with Crippen LogP contribution in [0.15, 0.2) is 42.5 Å². The summed E-state index contributed by atoms with van der Waals surface area (Å²) in [6.07, 6.45) is 0.906. The molecule has 1 fully saturated rings. The molecule has 0 bridgehead atoms. The van der Waals surface area contributed by atoms with Gasteiger partial charge in [-0.3, -0.25) is 19.7 Å². The third-order valence-electron chi connectivity index (χ3n) is 4.60. The van der Waals surface area contributed by atoms with Gasteiger partial charge in [0.1, 0.15) is 0 Å². The number of hydrogen-bond donors (Lipinski definition) is 3. The number of carbonyl (C=O) groups is 2. The Morgan fingerprint density at radius 2 is 1.93 bits per heavy atom. The number of benzene rings is 2. The molecule has 1 aliphatic heterocycles. The first kappa shape index (κ1) is 21.4. The number of rotatable bonds is 8. The zero-order chi connectivity index (χ0) is 21.5. The lowest BCUT2D eigenvalue weighted by Crippen LogP contribution is -2.47. The van der Waals surface area contributed by atoms with Gasteiger partial charge in [0, 0.05) is 49.6 Å². The average Bonchev–Trinajstić information content (AvgIpc) is 2.71. The van der Waals surface area contributed by atoms with Crippen molar-refractivity contribution in [2.75, 3.05) is 41.7 Å². The van der Waals surface area contributed by atoms with Crippen molar-refractivity contribution in [1.29, 1.82) is 0 Å². The number of nitro benzene ring substituents is 1. The Kier molecular flexibility index (Phi) is 7.08. The number of nitro groups is 1. The molecule has 2 aromatic rings. The highest BCUT2D eigenvalue weighted by molar-refractivity contribution is 6.33. The molecular formula is C20H22ClN5O4. The molecule has 1 saturated heterocycles. The van der Waals surface area contributed by atoms with Crippen molar-refractivity contribution in [3.63, 3.8) is 0 Å². The topological polar surface area (TPSA) is 117 Å². The number of piperazine rings is 1. The molecule has 0 aliphatic carbocycles. The maximum atomic E-state index is 12.2. The second-order valence-corrected chi connectivity index (χ2v) is 7.23. The van der Waals surface area contributed by atoms with E-state index in [4.69, 9.17) is 11.6 Å². The number of anilines is 3. The number of nitrogens with one attached hydrogen (secondary N) is 3. The van der Waals surface area contributed by atoms with E-state index in [2.05, 4.69) is 16.0 Å². The van der Waals surface area contributed by atoms with Gasteiger partial charge in [-0.05, 0) is 36.8 Å². The van der Waals surface area contributed by atoms with Crippen molar-refractivity contribution < 1.29 is 14.5 Å². The number of amides is 2. The molecule has 1 heterocycles. The molecule has 30 heavy (non-hydrogen) atoms. The summed E-state index contributed by atoms with van der Waals surface area (Å²) < 4.78 is 0. The number of hydrogen-bond acceptors (Lipinski definition) is 6. The molecule has 1 aliphatic rings. The molecule has 9 nitrogen and oxygen atoms in total. The molecule has 2 amide bonds. The minimum atomic E-state index is -0.448. The summed E-state index contributed by atoms with van der Waals surface area (Å²) in [5.41, 5.74) is 2.15. The first-order valence-electron chi connectivity index (χ1n) is 9.52. The van der Waals surface area contributed by atoms with Crippen LogP contribution in [0.5, 0.6) is 0 Å². The molecule has 3 rings (SSSR count). The Bertz CT molecular complexity index is 935. The second kappa shape index (κ2) is 9.93. The van der Waals surface area contributed by atoms with Crippen molar-refractivity contribution in [3.05, 3.63) is 57.6 Å². The van der Waals surface area contributed by atoms with E-state index in [1.165, 1.54) is 12.1 Å². The zero-order valence-corrected chi connectivity index (χ0v) is 16.9. The zero-order valence-electron chi connectivity index (χ0n) is 16.2. The molecular weight excluding hydrogens is 410 g/mol. The van der Waals surface area contributed by atoms with Gasteiger partial charge in [0.25, 0.3) is 5.69 Å². The molecule has 0 spiro atoms. The van der Waals surface area contributed by atoms with E-state index >= 15 is 0 Å². The summed E-state index contributed by atoms with van der Waals surface area (Å²) in [6.45, 7) is 2.07. The van der Waals surface area contributed by atoms with Gasteiger partial charge in [0.2, 0.25) is 11.8 Å². The van der Waals surface area contributed by atoms with Crippen molar-refractivity contribution in [2.24, 2.45) is 0 Å². The van der Waals surface area contributed by atoms with Crippen LogP contribution in [0.1, 0.15) is 12.8 Å². The number of nitrogens with zero attached hydrogens (tertiary/aromatic N) is 2. The highest BCUT2D eigenvalue weighted by atomic mass is 35.5. The van der Waals surface area contributed by atoms with Gasteiger partial charge in [-0.25, -0.2) is 0 Å². The third-order valence-corrected chi connectivity index (χ3v) is 4.90. The summed E-state index contributed by atoms with van der Waals surface area (Å²) in [6, 6.07) is 11.4. The molecule has 0 aromatic heterocycles. The van der Waals surface area contributed by atoms with Crippen LogP contribution in [-0.2, 0) is 9.59 Å². The van der Waals surface area contributed by atoms with Crippen LogP contribution >= 0.6 is 11.6 Å². The lowest BCUT2D eigenvalue weighted by atomic mass is 10.2. The lowest BCUT2D eigenvalue weighted by Gasteiger charge is -2.29. The van der Waals surface area contributed by atoms with Crippen molar-refractivity contribution in [3.8, 4) is 0 Å². The molecule has 3 N–H and O–H groups in total. The molecule has 2 aromatic carbocycles. The van der Waals surface area contributed by atoms with Crippen molar-refractivity contribution in [2.45, 2.75) is 12.8 Å². The van der Waals surface area contributed by atoms with Crippen molar-refractivity contribution >= 4 is 46.2 Å². The number of carbonyl (C=O) groups excluding carboxylic acids is 2. The Balaban J connectivity index is 1.43.